The molecule has 1 heterocycles. The summed E-state index contributed by atoms with van der Waals surface area (Å²) < 4.78 is 5.54. The molecule has 2 aromatic carbocycles. The number of halogens is 1. The van der Waals surface area contributed by atoms with Crippen molar-refractivity contribution >= 4 is 28.9 Å². The zero-order valence-electron chi connectivity index (χ0n) is 14.9. The highest BCUT2D eigenvalue weighted by Gasteiger charge is 2.27. The largest absolute Gasteiger partial charge is 0.484 e. The molecule has 3 rings (SSSR count). The summed E-state index contributed by atoms with van der Waals surface area (Å²) in [6, 6.07) is 12.1. The molecule has 0 atom stereocenters. The molecule has 0 aliphatic carbocycles. The highest BCUT2D eigenvalue weighted by Crippen LogP contribution is 2.35. The topological polar surface area (TPSA) is 75.9 Å². The molecule has 1 aliphatic rings. The molecule has 8 heteroatoms. The number of amides is 1. The maximum atomic E-state index is 12.4. The maximum absolute atomic E-state index is 12.4. The second-order valence-corrected chi connectivity index (χ2v) is 6.74. The van der Waals surface area contributed by atoms with Crippen molar-refractivity contribution in [3.05, 3.63) is 63.2 Å². The van der Waals surface area contributed by atoms with Crippen LogP contribution in [0.5, 0.6) is 5.75 Å². The van der Waals surface area contributed by atoms with E-state index in [4.69, 9.17) is 16.3 Å². The van der Waals surface area contributed by atoms with Crippen molar-refractivity contribution in [2.45, 2.75) is 6.92 Å². The number of piperazine rings is 1. The van der Waals surface area contributed by atoms with Gasteiger partial charge >= 0.3 is 0 Å². The van der Waals surface area contributed by atoms with Gasteiger partial charge < -0.3 is 14.5 Å². The number of nitro groups is 1. The summed E-state index contributed by atoms with van der Waals surface area (Å²) in [5, 5.41) is 11.6. The highest BCUT2D eigenvalue weighted by atomic mass is 35.5. The first-order chi connectivity index (χ1) is 13.0. The van der Waals surface area contributed by atoms with E-state index in [0.29, 0.717) is 42.6 Å². The number of rotatable bonds is 5. The number of carbonyl (C=O) groups excluding carboxylic acids is 1. The van der Waals surface area contributed by atoms with Crippen LogP contribution in [0.25, 0.3) is 0 Å². The van der Waals surface area contributed by atoms with E-state index in [0.717, 1.165) is 5.56 Å². The lowest BCUT2D eigenvalue weighted by atomic mass is 10.2. The van der Waals surface area contributed by atoms with Gasteiger partial charge in [-0.2, -0.15) is 0 Å². The Balaban J connectivity index is 1.58. The number of benzene rings is 2. The summed E-state index contributed by atoms with van der Waals surface area (Å²) >= 11 is 6.19. The number of nitrogens with zero attached hydrogens (tertiary/aromatic N) is 3. The van der Waals surface area contributed by atoms with Crippen molar-refractivity contribution in [3.63, 3.8) is 0 Å². The van der Waals surface area contributed by atoms with Crippen LogP contribution in [-0.4, -0.2) is 48.5 Å². The fourth-order valence-corrected chi connectivity index (χ4v) is 3.30. The molecule has 0 unspecified atom stereocenters. The average molecular weight is 390 g/mol. The van der Waals surface area contributed by atoms with Crippen molar-refractivity contribution < 1.29 is 14.5 Å². The molecular weight excluding hydrogens is 370 g/mol. The second-order valence-electron chi connectivity index (χ2n) is 6.33. The van der Waals surface area contributed by atoms with Crippen molar-refractivity contribution in [2.75, 3.05) is 37.7 Å². The van der Waals surface area contributed by atoms with Gasteiger partial charge in [-0.1, -0.05) is 35.4 Å². The Morgan fingerprint density at radius 1 is 1.15 bits per heavy atom. The molecule has 27 heavy (non-hydrogen) atoms. The van der Waals surface area contributed by atoms with Gasteiger partial charge in [0.05, 0.1) is 9.95 Å². The number of nitro benzene ring substituents is 1. The number of hydrogen-bond acceptors (Lipinski definition) is 5. The molecule has 1 fully saturated rings. The summed E-state index contributed by atoms with van der Waals surface area (Å²) in [7, 11) is 0. The number of hydrogen-bond donors (Lipinski definition) is 0. The molecule has 1 aliphatic heterocycles. The molecule has 1 saturated heterocycles. The minimum Gasteiger partial charge on any atom is -0.484 e. The highest BCUT2D eigenvalue weighted by molar-refractivity contribution is 6.33. The standard InChI is InChI=1S/C19H20ClN3O4/c1-14-5-7-15(8-6-14)27-13-18(24)21-9-11-22(12-10-21)19-16(20)3-2-4-17(19)23(25)26/h2-8H,9-13H2,1H3. The first kappa shape index (κ1) is 19.0. The minimum atomic E-state index is -0.436. The summed E-state index contributed by atoms with van der Waals surface area (Å²) in [5.41, 5.74) is 1.51. The average Bonchev–Trinajstić information content (AvgIpc) is 2.67. The minimum absolute atomic E-state index is 0.0232. The summed E-state index contributed by atoms with van der Waals surface area (Å²) in [6.07, 6.45) is 0. The number of ether oxygens (including phenoxy) is 1. The van der Waals surface area contributed by atoms with Gasteiger partial charge in [-0.25, -0.2) is 0 Å². The molecule has 7 nitrogen and oxygen atoms in total. The van der Waals surface area contributed by atoms with Crippen LogP contribution in [-0.2, 0) is 4.79 Å². The normalized spacial score (nSPS) is 14.1. The van der Waals surface area contributed by atoms with Gasteiger partial charge in [0, 0.05) is 32.2 Å². The third-order valence-electron chi connectivity index (χ3n) is 4.49. The van der Waals surface area contributed by atoms with Crippen LogP contribution >= 0.6 is 11.6 Å². The van der Waals surface area contributed by atoms with E-state index in [-0.39, 0.29) is 18.2 Å². The maximum Gasteiger partial charge on any atom is 0.294 e. The van der Waals surface area contributed by atoms with Crippen molar-refractivity contribution in [1.82, 2.24) is 4.90 Å². The number of carbonyl (C=O) groups is 1. The number of anilines is 1. The van der Waals surface area contributed by atoms with E-state index in [1.807, 2.05) is 36.1 Å². The van der Waals surface area contributed by atoms with E-state index in [9.17, 15) is 14.9 Å². The fraction of sp³-hybridized carbons (Fsp3) is 0.316. The zero-order chi connectivity index (χ0) is 19.4. The Bertz CT molecular complexity index is 833. The Morgan fingerprint density at radius 2 is 1.81 bits per heavy atom. The van der Waals surface area contributed by atoms with E-state index in [1.165, 1.54) is 6.07 Å². The van der Waals surface area contributed by atoms with Crippen molar-refractivity contribution in [3.8, 4) is 5.75 Å². The van der Waals surface area contributed by atoms with Gasteiger partial charge in [-0.3, -0.25) is 14.9 Å². The van der Waals surface area contributed by atoms with Gasteiger partial charge in [-0.05, 0) is 25.1 Å². The number of aryl methyl sites for hydroxylation is 1. The summed E-state index contributed by atoms with van der Waals surface area (Å²) in [4.78, 5) is 26.8. The van der Waals surface area contributed by atoms with Crippen LogP contribution in [0, 0.1) is 17.0 Å². The van der Waals surface area contributed by atoms with Gasteiger partial charge in [0.1, 0.15) is 11.4 Å². The van der Waals surface area contributed by atoms with Crippen LogP contribution in [0.3, 0.4) is 0 Å². The first-order valence-corrected chi connectivity index (χ1v) is 8.98. The third kappa shape index (κ3) is 4.49. The van der Waals surface area contributed by atoms with E-state index in [1.54, 1.807) is 17.0 Å². The second kappa shape index (κ2) is 8.26. The predicted octanol–water partition coefficient (Wildman–Crippen LogP) is 3.28. The van der Waals surface area contributed by atoms with Crippen LogP contribution in [0.15, 0.2) is 42.5 Å². The molecule has 0 N–H and O–H groups in total. The lowest BCUT2D eigenvalue weighted by molar-refractivity contribution is -0.384. The fourth-order valence-electron chi connectivity index (χ4n) is 3.01. The molecule has 0 spiro atoms. The molecular formula is C19H20ClN3O4. The lowest BCUT2D eigenvalue weighted by Crippen LogP contribution is -2.50. The molecule has 1 amide bonds. The van der Waals surface area contributed by atoms with Crippen LogP contribution < -0.4 is 9.64 Å². The van der Waals surface area contributed by atoms with Crippen molar-refractivity contribution in [2.24, 2.45) is 0 Å². The molecule has 0 radical (unpaired) electrons. The smallest absolute Gasteiger partial charge is 0.294 e. The Hall–Kier alpha value is -2.80. The van der Waals surface area contributed by atoms with Crippen LogP contribution in [0.1, 0.15) is 5.56 Å². The van der Waals surface area contributed by atoms with Crippen LogP contribution in [0.2, 0.25) is 5.02 Å². The monoisotopic (exact) mass is 389 g/mol. The van der Waals surface area contributed by atoms with Gasteiger partial charge in [0.25, 0.3) is 11.6 Å². The van der Waals surface area contributed by atoms with E-state index in [2.05, 4.69) is 0 Å². The van der Waals surface area contributed by atoms with Gasteiger partial charge in [0.2, 0.25) is 0 Å². The Morgan fingerprint density at radius 3 is 2.44 bits per heavy atom. The molecule has 0 aromatic heterocycles. The van der Waals surface area contributed by atoms with Gasteiger partial charge in [0.15, 0.2) is 6.61 Å². The third-order valence-corrected chi connectivity index (χ3v) is 4.80. The summed E-state index contributed by atoms with van der Waals surface area (Å²) in [5.74, 6) is 0.545. The molecule has 142 valence electrons. The molecule has 0 bridgehead atoms. The van der Waals surface area contributed by atoms with E-state index < -0.39 is 4.92 Å². The molecule has 0 saturated carbocycles. The quantitative estimate of drug-likeness (QED) is 0.579. The van der Waals surface area contributed by atoms with E-state index >= 15 is 0 Å². The van der Waals surface area contributed by atoms with Gasteiger partial charge in [-0.15, -0.1) is 0 Å². The molecule has 2 aromatic rings. The SMILES string of the molecule is Cc1ccc(OCC(=O)N2CCN(c3c(Cl)cccc3[N+](=O)[O-])CC2)cc1. The predicted molar refractivity (Wildman–Crippen MR) is 104 cm³/mol. The van der Waals surface area contributed by atoms with Crippen molar-refractivity contribution in [1.29, 1.82) is 0 Å². The Labute approximate surface area is 162 Å². The zero-order valence-corrected chi connectivity index (χ0v) is 15.7. The Kier molecular flexibility index (Phi) is 5.81. The summed E-state index contributed by atoms with van der Waals surface area (Å²) in [6.45, 7) is 3.81. The lowest BCUT2D eigenvalue weighted by Gasteiger charge is -2.36. The first-order valence-electron chi connectivity index (χ1n) is 8.61. The van der Waals surface area contributed by atoms with Crippen LogP contribution in [0.4, 0.5) is 11.4 Å². The number of para-hydroxylation sites is 1.